The first-order chi connectivity index (χ1) is 9.06. The molecule has 1 aromatic rings. The molecule has 0 N–H and O–H groups in total. The summed E-state index contributed by atoms with van der Waals surface area (Å²) in [7, 11) is -3.55. The van der Waals surface area contributed by atoms with Crippen LogP contribution in [0.2, 0.25) is 0 Å². The normalized spacial score (nSPS) is 10.9. The Morgan fingerprint density at radius 3 is 2.42 bits per heavy atom. The topological polar surface area (TPSA) is 61.2 Å². The van der Waals surface area contributed by atoms with Gasteiger partial charge in [-0.15, -0.1) is 6.42 Å². The summed E-state index contributed by atoms with van der Waals surface area (Å²) in [5.74, 6) is 2.36. The van der Waals surface area contributed by atoms with Crippen LogP contribution in [-0.4, -0.2) is 25.8 Å². The molecule has 19 heavy (non-hydrogen) atoms. The zero-order chi connectivity index (χ0) is 14.3. The van der Waals surface area contributed by atoms with Gasteiger partial charge in [0.2, 0.25) is 10.0 Å². The van der Waals surface area contributed by atoms with Gasteiger partial charge in [-0.1, -0.05) is 25.0 Å². The molecule has 0 amide bonds. The van der Waals surface area contributed by atoms with Crippen LogP contribution < -0.4 is 0 Å². The zero-order valence-corrected chi connectivity index (χ0v) is 11.7. The second kappa shape index (κ2) is 6.94. The van der Waals surface area contributed by atoms with E-state index in [0.29, 0.717) is 13.0 Å². The maximum Gasteiger partial charge on any atom is 0.243 e. The molecule has 0 aromatic heterocycles. The third-order valence-electron chi connectivity index (χ3n) is 2.58. The number of nitrogens with zero attached hydrogens (tertiary/aromatic N) is 2. The number of nitriles is 1. The molecule has 0 atom stereocenters. The van der Waals surface area contributed by atoms with Gasteiger partial charge in [0.15, 0.2) is 0 Å². The van der Waals surface area contributed by atoms with Gasteiger partial charge in [-0.2, -0.15) is 9.57 Å². The predicted octanol–water partition coefficient (Wildman–Crippen LogP) is 1.79. The molecule has 0 heterocycles. The molecule has 5 heteroatoms. The van der Waals surface area contributed by atoms with Crippen LogP contribution >= 0.6 is 0 Å². The molecule has 1 aromatic carbocycles. The van der Waals surface area contributed by atoms with Gasteiger partial charge in [0, 0.05) is 6.54 Å². The molecule has 1 rings (SSSR count). The molecule has 0 aliphatic carbocycles. The monoisotopic (exact) mass is 276 g/mol. The third kappa shape index (κ3) is 3.82. The molecule has 0 saturated carbocycles. The Balaban J connectivity index is 3.05. The van der Waals surface area contributed by atoms with Crippen LogP contribution in [0.1, 0.15) is 18.9 Å². The van der Waals surface area contributed by atoms with E-state index in [2.05, 4.69) is 5.92 Å². The molecular weight excluding hydrogens is 260 g/mol. The Morgan fingerprint density at radius 1 is 1.32 bits per heavy atom. The fourth-order valence-corrected chi connectivity index (χ4v) is 3.10. The van der Waals surface area contributed by atoms with Crippen LogP contribution in [0.5, 0.6) is 0 Å². The summed E-state index contributed by atoms with van der Waals surface area (Å²) in [5.41, 5.74) is 0.792. The Hall–Kier alpha value is -1.82. The van der Waals surface area contributed by atoms with Crippen LogP contribution in [0, 0.1) is 23.7 Å². The molecule has 0 aliphatic rings. The maximum atomic E-state index is 12.3. The van der Waals surface area contributed by atoms with Crippen molar-refractivity contribution in [3.63, 3.8) is 0 Å². The van der Waals surface area contributed by atoms with Gasteiger partial charge in [-0.25, -0.2) is 8.42 Å². The Morgan fingerprint density at radius 2 is 1.95 bits per heavy atom. The lowest BCUT2D eigenvalue weighted by atomic mass is 10.2. The highest BCUT2D eigenvalue weighted by Gasteiger charge is 2.22. The van der Waals surface area contributed by atoms with Crippen LogP contribution in [0.4, 0.5) is 0 Å². The van der Waals surface area contributed by atoms with Crippen molar-refractivity contribution < 1.29 is 8.42 Å². The number of rotatable bonds is 6. The highest BCUT2D eigenvalue weighted by molar-refractivity contribution is 7.89. The standard InChI is InChI=1S/C14H16N2O2S/c1-3-11-16(12-4-2)19(17,18)14-7-5-13(6-8-14)9-10-15/h1,5-8H,4,9,11-12H2,2H3. The van der Waals surface area contributed by atoms with E-state index in [1.165, 1.54) is 16.4 Å². The van der Waals surface area contributed by atoms with Crippen molar-refractivity contribution in [2.24, 2.45) is 0 Å². The van der Waals surface area contributed by atoms with Gasteiger partial charge >= 0.3 is 0 Å². The summed E-state index contributed by atoms with van der Waals surface area (Å²) in [6.45, 7) is 2.36. The number of terminal acetylenes is 1. The Kier molecular flexibility index (Phi) is 5.57. The predicted molar refractivity (Wildman–Crippen MR) is 73.6 cm³/mol. The van der Waals surface area contributed by atoms with Gasteiger partial charge in [0.1, 0.15) is 0 Å². The Bertz CT molecular complexity index is 592. The first-order valence-corrected chi connectivity index (χ1v) is 7.39. The smallest absolute Gasteiger partial charge is 0.207 e. The second-order valence-electron chi connectivity index (χ2n) is 4.02. The Labute approximate surface area is 114 Å². The lowest BCUT2D eigenvalue weighted by Gasteiger charge is -2.19. The van der Waals surface area contributed by atoms with E-state index in [9.17, 15) is 8.42 Å². The fraction of sp³-hybridized carbons (Fsp3) is 0.357. The van der Waals surface area contributed by atoms with Crippen molar-refractivity contribution in [1.82, 2.24) is 4.31 Å². The van der Waals surface area contributed by atoms with E-state index >= 15 is 0 Å². The molecular formula is C14H16N2O2S. The van der Waals surface area contributed by atoms with Gasteiger partial charge in [0.05, 0.1) is 23.9 Å². The largest absolute Gasteiger partial charge is 0.243 e. The number of sulfonamides is 1. The average Bonchev–Trinajstić information content (AvgIpc) is 2.39. The fourth-order valence-electron chi connectivity index (χ4n) is 1.66. The summed E-state index contributed by atoms with van der Waals surface area (Å²) < 4.78 is 26.0. The number of benzene rings is 1. The van der Waals surface area contributed by atoms with Crippen molar-refractivity contribution >= 4 is 10.0 Å². The van der Waals surface area contributed by atoms with Crippen molar-refractivity contribution in [2.75, 3.05) is 13.1 Å². The molecule has 4 nitrogen and oxygen atoms in total. The molecule has 0 bridgehead atoms. The first-order valence-electron chi connectivity index (χ1n) is 5.95. The highest BCUT2D eigenvalue weighted by Crippen LogP contribution is 2.16. The minimum absolute atomic E-state index is 0.0656. The van der Waals surface area contributed by atoms with E-state index in [1.807, 2.05) is 13.0 Å². The van der Waals surface area contributed by atoms with E-state index in [1.54, 1.807) is 12.1 Å². The molecule has 0 saturated heterocycles. The van der Waals surface area contributed by atoms with Gasteiger partial charge in [-0.3, -0.25) is 0 Å². The number of hydrogen-bond donors (Lipinski definition) is 0. The van der Waals surface area contributed by atoms with Crippen molar-refractivity contribution in [3.05, 3.63) is 29.8 Å². The summed E-state index contributed by atoms with van der Waals surface area (Å²) in [6.07, 6.45) is 6.17. The van der Waals surface area contributed by atoms with Gasteiger partial charge < -0.3 is 0 Å². The number of hydrogen-bond acceptors (Lipinski definition) is 3. The summed E-state index contributed by atoms with van der Waals surface area (Å²) in [4.78, 5) is 0.206. The van der Waals surface area contributed by atoms with E-state index in [0.717, 1.165) is 5.56 Å². The second-order valence-corrected chi connectivity index (χ2v) is 5.96. The third-order valence-corrected chi connectivity index (χ3v) is 4.44. The van der Waals surface area contributed by atoms with Crippen molar-refractivity contribution in [3.8, 4) is 18.4 Å². The summed E-state index contributed by atoms with van der Waals surface area (Å²) in [6, 6.07) is 8.35. The zero-order valence-electron chi connectivity index (χ0n) is 10.8. The van der Waals surface area contributed by atoms with Crippen molar-refractivity contribution in [1.29, 1.82) is 5.26 Å². The summed E-state index contributed by atoms with van der Waals surface area (Å²) >= 11 is 0. The maximum absolute atomic E-state index is 12.3. The summed E-state index contributed by atoms with van der Waals surface area (Å²) in [5, 5.41) is 8.58. The molecule has 100 valence electrons. The van der Waals surface area contributed by atoms with E-state index < -0.39 is 10.0 Å². The minimum atomic E-state index is -3.55. The molecule has 0 aliphatic heterocycles. The average molecular weight is 276 g/mol. The van der Waals surface area contributed by atoms with Gasteiger partial charge in [0.25, 0.3) is 0 Å². The highest BCUT2D eigenvalue weighted by atomic mass is 32.2. The lowest BCUT2D eigenvalue weighted by Crippen LogP contribution is -2.32. The molecule has 0 unspecified atom stereocenters. The van der Waals surface area contributed by atoms with Crippen LogP contribution in [0.15, 0.2) is 29.2 Å². The van der Waals surface area contributed by atoms with Crippen LogP contribution in [0.25, 0.3) is 0 Å². The molecule has 0 fully saturated rings. The first kappa shape index (κ1) is 15.2. The lowest BCUT2D eigenvalue weighted by molar-refractivity contribution is 0.445. The van der Waals surface area contributed by atoms with Crippen LogP contribution in [0.3, 0.4) is 0 Å². The quantitative estimate of drug-likeness (QED) is 0.744. The molecule has 0 spiro atoms. The van der Waals surface area contributed by atoms with Gasteiger partial charge in [-0.05, 0) is 24.1 Å². The van der Waals surface area contributed by atoms with E-state index in [-0.39, 0.29) is 17.9 Å². The SMILES string of the molecule is C#CCN(CCC)S(=O)(=O)c1ccc(CC#N)cc1. The van der Waals surface area contributed by atoms with E-state index in [4.69, 9.17) is 11.7 Å². The molecule has 0 radical (unpaired) electrons. The van der Waals surface area contributed by atoms with Crippen molar-refractivity contribution in [2.45, 2.75) is 24.7 Å². The van der Waals surface area contributed by atoms with Crippen LogP contribution in [-0.2, 0) is 16.4 Å². The minimum Gasteiger partial charge on any atom is -0.207 e.